The Morgan fingerprint density at radius 2 is 2.00 bits per heavy atom. The number of nitrogens with one attached hydrogen (secondary N) is 1. The van der Waals surface area contributed by atoms with Crippen LogP contribution in [0.25, 0.3) is 0 Å². The van der Waals surface area contributed by atoms with Crippen LogP contribution in [0.15, 0.2) is 24.3 Å². The van der Waals surface area contributed by atoms with Gasteiger partial charge in [-0.05, 0) is 37.2 Å². The maximum atomic E-state index is 5.80. The molecule has 0 amide bonds. The highest BCUT2D eigenvalue weighted by molar-refractivity contribution is 5.27. The Morgan fingerprint density at radius 1 is 1.24 bits per heavy atom. The third kappa shape index (κ3) is 5.65. The lowest BCUT2D eigenvalue weighted by Gasteiger charge is -2.23. The zero-order valence-corrected chi connectivity index (χ0v) is 13.3. The van der Waals surface area contributed by atoms with Crippen molar-refractivity contribution in [3.05, 3.63) is 29.8 Å². The third-order valence-corrected chi connectivity index (χ3v) is 3.96. The molecular weight excluding hydrogens is 264 g/mol. The van der Waals surface area contributed by atoms with Crippen molar-refractivity contribution >= 4 is 0 Å². The molecule has 4 heteroatoms. The fourth-order valence-corrected chi connectivity index (χ4v) is 2.57. The topological polar surface area (TPSA) is 33.7 Å². The van der Waals surface area contributed by atoms with Crippen LogP contribution in [-0.4, -0.2) is 56.9 Å². The number of morpholine rings is 1. The zero-order valence-electron chi connectivity index (χ0n) is 13.3. The van der Waals surface area contributed by atoms with Gasteiger partial charge in [0.1, 0.15) is 12.4 Å². The number of rotatable bonds is 8. The molecule has 1 unspecified atom stereocenters. The highest BCUT2D eigenvalue weighted by atomic mass is 16.5. The van der Waals surface area contributed by atoms with Crippen LogP contribution in [0.4, 0.5) is 0 Å². The van der Waals surface area contributed by atoms with E-state index in [0.29, 0.717) is 6.10 Å². The fourth-order valence-electron chi connectivity index (χ4n) is 2.57. The van der Waals surface area contributed by atoms with Crippen LogP contribution in [-0.2, 0) is 11.2 Å². The predicted molar refractivity (Wildman–Crippen MR) is 86.0 cm³/mol. The second-order valence-corrected chi connectivity index (χ2v) is 5.42. The van der Waals surface area contributed by atoms with E-state index in [0.717, 1.165) is 58.1 Å². The summed E-state index contributed by atoms with van der Waals surface area (Å²) in [6.07, 6.45) is 1.26. The van der Waals surface area contributed by atoms with E-state index in [2.05, 4.69) is 48.3 Å². The summed E-state index contributed by atoms with van der Waals surface area (Å²) >= 11 is 0. The highest BCUT2D eigenvalue weighted by Crippen LogP contribution is 2.14. The van der Waals surface area contributed by atoms with Crippen LogP contribution in [0.3, 0.4) is 0 Å². The largest absolute Gasteiger partial charge is 0.492 e. The van der Waals surface area contributed by atoms with Crippen molar-refractivity contribution in [2.75, 3.05) is 45.9 Å². The molecule has 0 bridgehead atoms. The Bertz CT molecular complexity index is 384. The van der Waals surface area contributed by atoms with Crippen molar-refractivity contribution in [2.24, 2.45) is 0 Å². The van der Waals surface area contributed by atoms with Crippen molar-refractivity contribution in [3.8, 4) is 5.75 Å². The van der Waals surface area contributed by atoms with Gasteiger partial charge in [-0.1, -0.05) is 26.0 Å². The Balaban J connectivity index is 1.73. The zero-order chi connectivity index (χ0) is 14.9. The molecule has 0 aromatic heterocycles. The van der Waals surface area contributed by atoms with Gasteiger partial charge in [0, 0.05) is 19.6 Å². The molecule has 1 heterocycles. The summed E-state index contributed by atoms with van der Waals surface area (Å²) in [7, 11) is 0. The van der Waals surface area contributed by atoms with Crippen molar-refractivity contribution in [1.29, 1.82) is 0 Å². The van der Waals surface area contributed by atoms with Gasteiger partial charge in [0.25, 0.3) is 0 Å². The van der Waals surface area contributed by atoms with Gasteiger partial charge in [0.05, 0.1) is 12.7 Å². The predicted octanol–water partition coefficient (Wildman–Crippen LogP) is 1.94. The average Bonchev–Trinajstić information content (AvgIpc) is 2.54. The Labute approximate surface area is 128 Å². The van der Waals surface area contributed by atoms with E-state index in [4.69, 9.17) is 9.47 Å². The van der Waals surface area contributed by atoms with E-state index in [1.807, 2.05) is 0 Å². The molecule has 1 aromatic carbocycles. The first kappa shape index (κ1) is 16.3. The van der Waals surface area contributed by atoms with Crippen molar-refractivity contribution in [1.82, 2.24) is 10.2 Å². The molecule has 2 rings (SSSR count). The van der Waals surface area contributed by atoms with E-state index in [1.54, 1.807) is 0 Å². The minimum Gasteiger partial charge on any atom is -0.492 e. The molecule has 0 aliphatic carbocycles. The van der Waals surface area contributed by atoms with E-state index in [-0.39, 0.29) is 0 Å². The monoisotopic (exact) mass is 292 g/mol. The van der Waals surface area contributed by atoms with E-state index in [1.165, 1.54) is 5.56 Å². The van der Waals surface area contributed by atoms with Crippen LogP contribution < -0.4 is 10.1 Å². The van der Waals surface area contributed by atoms with Gasteiger partial charge in [0.2, 0.25) is 0 Å². The molecule has 1 fully saturated rings. The molecule has 1 aliphatic rings. The highest BCUT2D eigenvalue weighted by Gasteiger charge is 2.13. The van der Waals surface area contributed by atoms with Crippen LogP contribution in [0.5, 0.6) is 5.75 Å². The average molecular weight is 292 g/mol. The maximum absolute atomic E-state index is 5.80. The Hall–Kier alpha value is -1.10. The summed E-state index contributed by atoms with van der Waals surface area (Å²) in [5.41, 5.74) is 1.31. The quantitative estimate of drug-likeness (QED) is 0.794. The maximum Gasteiger partial charge on any atom is 0.119 e. The molecule has 4 nitrogen and oxygen atoms in total. The van der Waals surface area contributed by atoms with Gasteiger partial charge < -0.3 is 19.7 Å². The van der Waals surface area contributed by atoms with Gasteiger partial charge in [-0.3, -0.25) is 0 Å². The number of hydrogen-bond donors (Lipinski definition) is 1. The molecule has 0 radical (unpaired) electrons. The summed E-state index contributed by atoms with van der Waals surface area (Å²) in [4.78, 5) is 2.36. The van der Waals surface area contributed by atoms with Gasteiger partial charge in [-0.2, -0.15) is 0 Å². The van der Waals surface area contributed by atoms with Gasteiger partial charge in [-0.25, -0.2) is 0 Å². The first-order valence-corrected chi connectivity index (χ1v) is 8.08. The minimum atomic E-state index is 0.299. The van der Waals surface area contributed by atoms with Crippen LogP contribution in [0.2, 0.25) is 0 Å². The molecule has 21 heavy (non-hydrogen) atoms. The summed E-state index contributed by atoms with van der Waals surface area (Å²) in [6.45, 7) is 11.0. The Morgan fingerprint density at radius 3 is 2.62 bits per heavy atom. The summed E-state index contributed by atoms with van der Waals surface area (Å²) in [5.74, 6) is 0.952. The van der Waals surface area contributed by atoms with Crippen molar-refractivity contribution in [2.45, 2.75) is 26.4 Å². The minimum absolute atomic E-state index is 0.299. The summed E-state index contributed by atoms with van der Waals surface area (Å²) in [5, 5.41) is 3.36. The molecule has 1 saturated heterocycles. The number of hydrogen-bond acceptors (Lipinski definition) is 4. The SMILES string of the molecule is CCN(CC)CCOc1ccc(CC2CNCCO2)cc1. The molecule has 0 saturated carbocycles. The van der Waals surface area contributed by atoms with Gasteiger partial charge in [0.15, 0.2) is 0 Å². The van der Waals surface area contributed by atoms with E-state index < -0.39 is 0 Å². The number of ether oxygens (including phenoxy) is 2. The molecule has 1 atom stereocenters. The second-order valence-electron chi connectivity index (χ2n) is 5.42. The molecule has 0 spiro atoms. The molecular formula is C17H28N2O2. The number of nitrogens with zero attached hydrogens (tertiary/aromatic N) is 1. The van der Waals surface area contributed by atoms with Crippen LogP contribution >= 0.6 is 0 Å². The lowest BCUT2D eigenvalue weighted by Crippen LogP contribution is -2.39. The molecule has 1 aromatic rings. The fraction of sp³-hybridized carbons (Fsp3) is 0.647. The number of benzene rings is 1. The Kier molecular flexibility index (Phi) is 7.00. The summed E-state index contributed by atoms with van der Waals surface area (Å²) in [6, 6.07) is 8.41. The molecule has 1 aliphatic heterocycles. The normalized spacial score (nSPS) is 18.9. The smallest absolute Gasteiger partial charge is 0.119 e. The van der Waals surface area contributed by atoms with Crippen molar-refractivity contribution < 1.29 is 9.47 Å². The van der Waals surface area contributed by atoms with Crippen molar-refractivity contribution in [3.63, 3.8) is 0 Å². The number of likely N-dealkylation sites (N-methyl/N-ethyl adjacent to an activating group) is 1. The lowest BCUT2D eigenvalue weighted by atomic mass is 10.1. The van der Waals surface area contributed by atoms with Crippen LogP contribution in [0.1, 0.15) is 19.4 Å². The molecule has 118 valence electrons. The standard InChI is InChI=1S/C17H28N2O2/c1-3-19(4-2)10-12-21-16-7-5-15(6-8-16)13-17-14-18-9-11-20-17/h5-8,17-18H,3-4,9-14H2,1-2H3. The first-order valence-electron chi connectivity index (χ1n) is 8.08. The lowest BCUT2D eigenvalue weighted by molar-refractivity contribution is 0.0292. The van der Waals surface area contributed by atoms with Gasteiger partial charge in [-0.15, -0.1) is 0 Å². The van der Waals surface area contributed by atoms with E-state index in [9.17, 15) is 0 Å². The van der Waals surface area contributed by atoms with Crippen LogP contribution in [0, 0.1) is 0 Å². The second kappa shape index (κ2) is 9.03. The molecule has 1 N–H and O–H groups in total. The van der Waals surface area contributed by atoms with Gasteiger partial charge >= 0.3 is 0 Å². The third-order valence-electron chi connectivity index (χ3n) is 3.96. The summed E-state index contributed by atoms with van der Waals surface area (Å²) < 4.78 is 11.5. The van der Waals surface area contributed by atoms with E-state index >= 15 is 0 Å². The first-order chi connectivity index (χ1) is 10.3.